The predicted molar refractivity (Wildman–Crippen MR) is 106 cm³/mol. The van der Waals surface area contributed by atoms with Gasteiger partial charge in [0.1, 0.15) is 0 Å². The average molecular weight is 428 g/mol. The van der Waals surface area contributed by atoms with Gasteiger partial charge >= 0.3 is 0 Å². The molecule has 4 atom stereocenters. The molecule has 1 saturated heterocycles. The van der Waals surface area contributed by atoms with Crippen LogP contribution in [0.2, 0.25) is 0 Å². The molecule has 0 radical (unpaired) electrons. The molecule has 4 nitrogen and oxygen atoms in total. The number of alkyl halides is 2. The number of benzene rings is 1. The van der Waals surface area contributed by atoms with Crippen molar-refractivity contribution in [2.24, 2.45) is 5.92 Å². The summed E-state index contributed by atoms with van der Waals surface area (Å²) in [4.78, 5) is 2.40. The van der Waals surface area contributed by atoms with Gasteiger partial charge in [0.2, 0.25) is 0 Å². The first-order valence-corrected chi connectivity index (χ1v) is 10.6. The average Bonchev–Trinajstić information content (AvgIpc) is 2.99. The molecule has 0 unspecified atom stereocenters. The Bertz CT molecular complexity index is 848. The number of rotatable bonds is 3. The molecule has 2 bridgehead atoms. The molecule has 3 fully saturated rings. The van der Waals surface area contributed by atoms with E-state index in [1.807, 2.05) is 12.1 Å². The molecule has 5 aliphatic rings. The summed E-state index contributed by atoms with van der Waals surface area (Å²) in [5.41, 5.74) is -0.360. The molecule has 0 amide bonds. The highest BCUT2D eigenvalue weighted by atomic mass is 35.5. The van der Waals surface area contributed by atoms with Gasteiger partial charge in [-0.3, -0.25) is 4.90 Å². The molecule has 1 aromatic rings. The highest BCUT2D eigenvalue weighted by Gasteiger charge is 2.77. The first-order chi connectivity index (χ1) is 13.4. The summed E-state index contributed by atoms with van der Waals surface area (Å²) in [6.07, 6.45) is 3.47. The van der Waals surface area contributed by atoms with Crippen LogP contribution >= 0.6 is 12.4 Å². The third-order valence-corrected chi connectivity index (χ3v) is 8.47. The fourth-order valence-electron chi connectivity index (χ4n) is 6.94. The van der Waals surface area contributed by atoms with Gasteiger partial charge < -0.3 is 14.6 Å². The van der Waals surface area contributed by atoms with Crippen molar-refractivity contribution in [3.63, 3.8) is 0 Å². The molecule has 0 aromatic heterocycles. The van der Waals surface area contributed by atoms with Gasteiger partial charge in [0.05, 0.1) is 18.1 Å². The molecule has 3 aliphatic carbocycles. The van der Waals surface area contributed by atoms with Gasteiger partial charge in [-0.25, -0.2) is 8.78 Å². The van der Waals surface area contributed by atoms with Crippen molar-refractivity contribution in [3.8, 4) is 11.5 Å². The fraction of sp³-hybridized carbons (Fsp3) is 0.727. The van der Waals surface area contributed by atoms with Crippen LogP contribution in [0.5, 0.6) is 11.5 Å². The Morgan fingerprint density at radius 3 is 2.72 bits per heavy atom. The molecule has 7 heteroatoms. The number of piperidine rings is 1. The lowest BCUT2D eigenvalue weighted by Crippen LogP contribution is -2.78. The van der Waals surface area contributed by atoms with Gasteiger partial charge in [0.15, 0.2) is 17.6 Å². The second-order valence-corrected chi connectivity index (χ2v) is 9.55. The molecule has 2 aliphatic heterocycles. The fourth-order valence-corrected chi connectivity index (χ4v) is 6.94. The van der Waals surface area contributed by atoms with Crippen LogP contribution in [0.4, 0.5) is 8.78 Å². The smallest absolute Gasteiger partial charge is 0.285 e. The van der Waals surface area contributed by atoms with Gasteiger partial charge in [0, 0.05) is 24.6 Å². The van der Waals surface area contributed by atoms with E-state index >= 15 is 8.78 Å². The van der Waals surface area contributed by atoms with Crippen molar-refractivity contribution >= 4 is 12.4 Å². The van der Waals surface area contributed by atoms with Crippen molar-refractivity contribution in [1.29, 1.82) is 0 Å². The number of ether oxygens (including phenoxy) is 2. The van der Waals surface area contributed by atoms with Crippen molar-refractivity contribution in [1.82, 2.24) is 4.90 Å². The second kappa shape index (κ2) is 6.21. The largest absolute Gasteiger partial charge is 0.493 e. The molecular weight excluding hydrogens is 400 g/mol. The molecule has 1 spiro atoms. The summed E-state index contributed by atoms with van der Waals surface area (Å²) >= 11 is 0. The van der Waals surface area contributed by atoms with E-state index in [2.05, 4.69) is 4.90 Å². The van der Waals surface area contributed by atoms with Crippen molar-refractivity contribution in [2.45, 2.75) is 74.0 Å². The highest BCUT2D eigenvalue weighted by Crippen LogP contribution is 2.67. The number of likely N-dealkylation sites (tertiary alicyclic amines) is 1. The number of methoxy groups -OCH3 is 1. The van der Waals surface area contributed by atoms with Crippen LogP contribution in [-0.4, -0.2) is 53.9 Å². The zero-order valence-electron chi connectivity index (χ0n) is 16.6. The van der Waals surface area contributed by atoms with Crippen LogP contribution in [0.25, 0.3) is 0 Å². The number of hydrogen-bond donors (Lipinski definition) is 1. The minimum atomic E-state index is -2.95. The van der Waals surface area contributed by atoms with Crippen LogP contribution in [0, 0.1) is 5.92 Å². The third kappa shape index (κ3) is 2.26. The maximum Gasteiger partial charge on any atom is 0.285 e. The monoisotopic (exact) mass is 427 g/mol. The SMILES string of the molecule is COc1ccc2c3c1O[C@H]1C(F)(F)CC[C@]4(O)[C@@H](C2)N(CC2CCC2)CC[C@]314.Cl. The zero-order chi connectivity index (χ0) is 19.3. The minimum Gasteiger partial charge on any atom is -0.493 e. The Balaban J connectivity index is 0.00000181. The summed E-state index contributed by atoms with van der Waals surface area (Å²) in [5.74, 6) is -1.33. The van der Waals surface area contributed by atoms with E-state index in [-0.39, 0.29) is 31.3 Å². The lowest BCUT2D eigenvalue weighted by Gasteiger charge is -2.64. The molecule has 2 saturated carbocycles. The van der Waals surface area contributed by atoms with E-state index in [0.717, 1.165) is 24.2 Å². The summed E-state index contributed by atoms with van der Waals surface area (Å²) in [6, 6.07) is 3.71. The summed E-state index contributed by atoms with van der Waals surface area (Å²) in [6.45, 7) is 1.72. The first kappa shape index (κ1) is 19.8. The van der Waals surface area contributed by atoms with Gasteiger partial charge in [-0.05, 0) is 56.2 Å². The standard InChI is InChI=1S/C22H27F2NO3.ClH/c1-27-15-6-5-14-11-16-21(26)7-8-22(23,24)19-20(21,17(14)18(15)28-19)9-10-25(16)12-13-3-2-4-13;/h5-6,13,16,19,26H,2-4,7-12H2,1H3;1H/t16-,19-,20+,21+;/m1./s1. The Labute approximate surface area is 176 Å². The van der Waals surface area contributed by atoms with Gasteiger partial charge in [-0.15, -0.1) is 12.4 Å². The van der Waals surface area contributed by atoms with Crippen LogP contribution in [0.15, 0.2) is 12.1 Å². The van der Waals surface area contributed by atoms with Crippen molar-refractivity contribution in [3.05, 3.63) is 23.3 Å². The van der Waals surface area contributed by atoms with Gasteiger partial charge in [-0.2, -0.15) is 0 Å². The number of hydrogen-bond acceptors (Lipinski definition) is 4. The predicted octanol–water partition coefficient (Wildman–Crippen LogP) is 3.71. The lowest BCUT2D eigenvalue weighted by atomic mass is 9.48. The second-order valence-electron chi connectivity index (χ2n) is 9.55. The zero-order valence-corrected chi connectivity index (χ0v) is 17.4. The van der Waals surface area contributed by atoms with Crippen LogP contribution in [-0.2, 0) is 11.8 Å². The molecule has 2 heterocycles. The van der Waals surface area contributed by atoms with Crippen LogP contribution < -0.4 is 9.47 Å². The van der Waals surface area contributed by atoms with E-state index < -0.39 is 23.0 Å². The first-order valence-electron chi connectivity index (χ1n) is 10.6. The molecule has 29 heavy (non-hydrogen) atoms. The summed E-state index contributed by atoms with van der Waals surface area (Å²) < 4.78 is 41.7. The summed E-state index contributed by atoms with van der Waals surface area (Å²) in [7, 11) is 1.54. The van der Waals surface area contributed by atoms with E-state index in [1.54, 1.807) is 7.11 Å². The third-order valence-electron chi connectivity index (χ3n) is 8.47. The highest BCUT2D eigenvalue weighted by molar-refractivity contribution is 5.85. The van der Waals surface area contributed by atoms with E-state index in [0.29, 0.717) is 30.3 Å². The quantitative estimate of drug-likeness (QED) is 0.798. The van der Waals surface area contributed by atoms with Crippen molar-refractivity contribution < 1.29 is 23.4 Å². The molecule has 1 aromatic carbocycles. The van der Waals surface area contributed by atoms with E-state index in [1.165, 1.54) is 19.3 Å². The van der Waals surface area contributed by atoms with E-state index in [9.17, 15) is 5.11 Å². The van der Waals surface area contributed by atoms with Gasteiger partial charge in [-0.1, -0.05) is 12.5 Å². The Hall–Kier alpha value is -1.11. The molecule has 160 valence electrons. The molecule has 1 N–H and O–H groups in total. The Morgan fingerprint density at radius 1 is 1.24 bits per heavy atom. The normalized spacial score (nSPS) is 39.0. The van der Waals surface area contributed by atoms with Crippen molar-refractivity contribution in [2.75, 3.05) is 20.2 Å². The number of halogens is 3. The minimum absolute atomic E-state index is 0. The van der Waals surface area contributed by atoms with Crippen LogP contribution in [0.3, 0.4) is 0 Å². The summed E-state index contributed by atoms with van der Waals surface area (Å²) in [5, 5.41) is 12.1. The Morgan fingerprint density at radius 2 is 2.03 bits per heavy atom. The lowest BCUT2D eigenvalue weighted by molar-refractivity contribution is -0.249. The number of nitrogens with zero attached hydrogens (tertiary/aromatic N) is 1. The topological polar surface area (TPSA) is 41.9 Å². The maximum absolute atomic E-state index is 15.1. The molecular formula is C22H28ClF2NO3. The van der Waals surface area contributed by atoms with Gasteiger partial charge in [0.25, 0.3) is 5.92 Å². The van der Waals surface area contributed by atoms with E-state index in [4.69, 9.17) is 9.47 Å². The Kier molecular flexibility index (Phi) is 4.24. The maximum atomic E-state index is 15.1. The van der Waals surface area contributed by atoms with Crippen LogP contribution in [0.1, 0.15) is 49.7 Å². The molecule has 6 rings (SSSR count). The number of aliphatic hydroxyl groups is 1.